The van der Waals surface area contributed by atoms with Gasteiger partial charge in [0.05, 0.1) is 13.7 Å². The summed E-state index contributed by atoms with van der Waals surface area (Å²) in [5, 5.41) is 1.73. The molecular formula is C10H15NO2. The predicted molar refractivity (Wildman–Crippen MR) is 49.8 cm³/mol. The van der Waals surface area contributed by atoms with Gasteiger partial charge in [0, 0.05) is 18.9 Å². The summed E-state index contributed by atoms with van der Waals surface area (Å²) >= 11 is 0. The molecule has 1 aliphatic rings. The average Bonchev–Trinajstić information content (AvgIpc) is 2.15. The molecule has 0 aromatic rings. The van der Waals surface area contributed by atoms with E-state index < -0.39 is 0 Å². The van der Waals surface area contributed by atoms with E-state index in [1.165, 1.54) is 0 Å². The number of hydrogen-bond donors (Lipinski definition) is 0. The molecule has 0 saturated heterocycles. The fraction of sp³-hybridized carbons (Fsp3) is 0.700. The predicted octanol–water partition coefficient (Wildman–Crippen LogP) is 0.995. The third-order valence-corrected chi connectivity index (χ3v) is 2.09. The standard InChI is InChI=1S/C10H15NO2/c1-9(12)8-11(13-2)10-6-4-3-5-7-10/h10H,4,6-8H2,1-2H3. The topological polar surface area (TPSA) is 29.5 Å². The van der Waals surface area contributed by atoms with Crippen molar-refractivity contribution in [3.8, 4) is 11.8 Å². The molecule has 0 bridgehead atoms. The number of carbonyl (C=O) groups excluding carboxylic acids is 1. The van der Waals surface area contributed by atoms with Crippen LogP contribution < -0.4 is 0 Å². The Morgan fingerprint density at radius 2 is 2.38 bits per heavy atom. The van der Waals surface area contributed by atoms with Crippen molar-refractivity contribution < 1.29 is 9.63 Å². The van der Waals surface area contributed by atoms with E-state index in [4.69, 9.17) is 4.84 Å². The smallest absolute Gasteiger partial charge is 0.146 e. The van der Waals surface area contributed by atoms with Crippen LogP contribution in [0.2, 0.25) is 0 Å². The van der Waals surface area contributed by atoms with Gasteiger partial charge in [0.1, 0.15) is 5.78 Å². The molecule has 0 aliphatic heterocycles. The van der Waals surface area contributed by atoms with E-state index in [1.807, 2.05) is 0 Å². The molecule has 0 heterocycles. The number of hydroxylamine groups is 2. The number of nitrogens with zero attached hydrogens (tertiary/aromatic N) is 1. The first-order valence-corrected chi connectivity index (χ1v) is 4.50. The van der Waals surface area contributed by atoms with Gasteiger partial charge in [0.25, 0.3) is 0 Å². The molecule has 72 valence electrons. The van der Waals surface area contributed by atoms with Gasteiger partial charge in [-0.1, -0.05) is 0 Å². The molecule has 1 atom stereocenters. The minimum Gasteiger partial charge on any atom is -0.302 e. The van der Waals surface area contributed by atoms with E-state index in [1.54, 1.807) is 19.1 Å². The lowest BCUT2D eigenvalue weighted by Gasteiger charge is -2.27. The van der Waals surface area contributed by atoms with E-state index in [0.717, 1.165) is 19.3 Å². The Balaban J connectivity index is 2.47. The zero-order valence-corrected chi connectivity index (χ0v) is 8.17. The van der Waals surface area contributed by atoms with Crippen molar-refractivity contribution in [1.82, 2.24) is 5.06 Å². The van der Waals surface area contributed by atoms with Crippen LogP contribution in [0.25, 0.3) is 0 Å². The molecule has 0 fully saturated rings. The van der Waals surface area contributed by atoms with E-state index >= 15 is 0 Å². The lowest BCUT2D eigenvalue weighted by Crippen LogP contribution is -2.38. The zero-order valence-electron chi connectivity index (χ0n) is 8.17. The second kappa shape index (κ2) is 5.00. The van der Waals surface area contributed by atoms with Gasteiger partial charge in [-0.15, -0.1) is 11.8 Å². The molecule has 0 saturated carbocycles. The van der Waals surface area contributed by atoms with Gasteiger partial charge in [-0.25, -0.2) is 0 Å². The first kappa shape index (κ1) is 10.2. The van der Waals surface area contributed by atoms with Crippen LogP contribution in [-0.2, 0) is 9.63 Å². The molecule has 13 heavy (non-hydrogen) atoms. The molecule has 0 aromatic carbocycles. The number of rotatable bonds is 4. The first-order valence-electron chi connectivity index (χ1n) is 4.50. The third kappa shape index (κ3) is 3.17. The Hall–Kier alpha value is -0.850. The number of ketones is 1. The summed E-state index contributed by atoms with van der Waals surface area (Å²) in [6, 6.07) is 0.287. The van der Waals surface area contributed by atoms with Crippen molar-refractivity contribution in [1.29, 1.82) is 0 Å². The third-order valence-electron chi connectivity index (χ3n) is 2.09. The van der Waals surface area contributed by atoms with E-state index in [0.29, 0.717) is 6.54 Å². The maximum atomic E-state index is 10.9. The molecule has 1 unspecified atom stereocenters. The van der Waals surface area contributed by atoms with E-state index in [9.17, 15) is 4.79 Å². The highest BCUT2D eigenvalue weighted by atomic mass is 16.7. The molecule has 0 aromatic heterocycles. The minimum absolute atomic E-state index is 0.125. The first-order chi connectivity index (χ1) is 6.24. The summed E-state index contributed by atoms with van der Waals surface area (Å²) in [4.78, 5) is 16.0. The summed E-state index contributed by atoms with van der Waals surface area (Å²) in [5.41, 5.74) is 0. The molecule has 3 nitrogen and oxygen atoms in total. The molecule has 1 rings (SSSR count). The highest BCUT2D eigenvalue weighted by Crippen LogP contribution is 2.13. The summed E-state index contributed by atoms with van der Waals surface area (Å²) < 4.78 is 0. The second-order valence-electron chi connectivity index (χ2n) is 3.21. The van der Waals surface area contributed by atoms with Crippen LogP contribution in [0.3, 0.4) is 0 Å². The fourth-order valence-electron chi connectivity index (χ4n) is 1.43. The summed E-state index contributed by atoms with van der Waals surface area (Å²) in [6.07, 6.45) is 2.71. The average molecular weight is 181 g/mol. The van der Waals surface area contributed by atoms with Gasteiger partial charge in [0.2, 0.25) is 0 Å². The van der Waals surface area contributed by atoms with Crippen LogP contribution in [-0.4, -0.2) is 30.5 Å². The van der Waals surface area contributed by atoms with Crippen molar-refractivity contribution >= 4 is 5.78 Å². The second-order valence-corrected chi connectivity index (χ2v) is 3.21. The highest BCUT2D eigenvalue weighted by Gasteiger charge is 2.19. The lowest BCUT2D eigenvalue weighted by molar-refractivity contribution is -0.168. The van der Waals surface area contributed by atoms with Gasteiger partial charge in [-0.3, -0.25) is 4.79 Å². The van der Waals surface area contributed by atoms with Crippen molar-refractivity contribution in [2.75, 3.05) is 13.7 Å². The van der Waals surface area contributed by atoms with Gasteiger partial charge in [0.15, 0.2) is 0 Å². The summed E-state index contributed by atoms with van der Waals surface area (Å²) in [6.45, 7) is 1.93. The zero-order chi connectivity index (χ0) is 9.68. The van der Waals surface area contributed by atoms with Crippen molar-refractivity contribution in [2.24, 2.45) is 0 Å². The molecule has 0 radical (unpaired) electrons. The van der Waals surface area contributed by atoms with Gasteiger partial charge < -0.3 is 4.84 Å². The number of Topliss-reactive ketones (excluding diaryl/α,β-unsaturated/α-hetero) is 1. The van der Waals surface area contributed by atoms with Gasteiger partial charge >= 0.3 is 0 Å². The molecule has 3 heteroatoms. The molecular weight excluding hydrogens is 166 g/mol. The Morgan fingerprint density at radius 3 is 2.85 bits per heavy atom. The number of hydrogen-bond acceptors (Lipinski definition) is 3. The maximum absolute atomic E-state index is 10.9. The van der Waals surface area contributed by atoms with Crippen LogP contribution in [0.15, 0.2) is 0 Å². The van der Waals surface area contributed by atoms with Crippen LogP contribution in [0, 0.1) is 11.8 Å². The van der Waals surface area contributed by atoms with E-state index in [2.05, 4.69) is 11.8 Å². The van der Waals surface area contributed by atoms with Gasteiger partial charge in [-0.2, -0.15) is 5.06 Å². The minimum atomic E-state index is 0.125. The molecule has 0 spiro atoms. The fourth-order valence-corrected chi connectivity index (χ4v) is 1.43. The Morgan fingerprint density at radius 1 is 1.62 bits per heavy atom. The lowest BCUT2D eigenvalue weighted by atomic mass is 10.0. The maximum Gasteiger partial charge on any atom is 0.146 e. The normalized spacial score (nSPS) is 21.0. The van der Waals surface area contributed by atoms with Crippen molar-refractivity contribution in [3.63, 3.8) is 0 Å². The summed E-state index contributed by atoms with van der Waals surface area (Å²) in [7, 11) is 1.60. The van der Waals surface area contributed by atoms with Crippen molar-refractivity contribution in [3.05, 3.63) is 0 Å². The van der Waals surface area contributed by atoms with E-state index in [-0.39, 0.29) is 11.8 Å². The number of carbonyl (C=O) groups is 1. The van der Waals surface area contributed by atoms with Crippen molar-refractivity contribution in [2.45, 2.75) is 32.2 Å². The monoisotopic (exact) mass is 181 g/mol. The van der Waals surface area contributed by atoms with Gasteiger partial charge in [-0.05, 0) is 13.3 Å². The Kier molecular flexibility index (Phi) is 3.94. The Labute approximate surface area is 79.0 Å². The SMILES string of the molecule is CON(CC(C)=O)C1CC#CCC1. The largest absolute Gasteiger partial charge is 0.302 e. The molecule has 0 N–H and O–H groups in total. The van der Waals surface area contributed by atoms with Crippen LogP contribution in [0.4, 0.5) is 0 Å². The quantitative estimate of drug-likeness (QED) is 0.478. The molecule has 1 aliphatic carbocycles. The molecule has 0 amide bonds. The van der Waals surface area contributed by atoms with Crippen LogP contribution >= 0.6 is 0 Å². The summed E-state index contributed by atoms with van der Waals surface area (Å²) in [5.74, 6) is 6.20. The van der Waals surface area contributed by atoms with Crippen LogP contribution in [0.5, 0.6) is 0 Å². The Bertz CT molecular complexity index is 239. The highest BCUT2D eigenvalue weighted by molar-refractivity contribution is 5.77. The van der Waals surface area contributed by atoms with Crippen LogP contribution in [0.1, 0.15) is 26.2 Å².